The number of nitrogens with one attached hydrogen (secondary N) is 1. The Morgan fingerprint density at radius 2 is 1.81 bits per heavy atom. The summed E-state index contributed by atoms with van der Waals surface area (Å²) < 4.78 is 37.6. The molecule has 0 spiro atoms. The van der Waals surface area contributed by atoms with Crippen LogP contribution in [-0.2, 0) is 4.79 Å². The Hall–Kier alpha value is -3.18. The fraction of sp³-hybridized carbons (Fsp3) is 0.263. The molecule has 0 saturated carbocycles. The van der Waals surface area contributed by atoms with E-state index in [4.69, 9.17) is 25.9 Å². The molecule has 1 amide bonds. The Labute approximate surface area is 177 Å². The van der Waals surface area contributed by atoms with E-state index in [2.05, 4.69) is 10.3 Å². The lowest BCUT2D eigenvalue weighted by Gasteiger charge is -2.27. The number of aromatic nitrogens is 1. The highest BCUT2D eigenvalue weighted by atomic mass is 35.5. The number of carbonyl (C=O) groups is 2. The molecule has 8 nitrogen and oxygen atoms in total. The number of carboxylic acids is 1. The predicted octanol–water partition coefficient (Wildman–Crippen LogP) is 2.62. The van der Waals surface area contributed by atoms with Crippen LogP contribution < -0.4 is 10.7 Å². The number of rotatable bonds is 1. The highest BCUT2D eigenvalue weighted by molar-refractivity contribution is 6.31. The molecule has 2 N–H and O–H groups in total. The third-order valence-corrected chi connectivity index (χ3v) is 4.57. The summed E-state index contributed by atoms with van der Waals surface area (Å²) in [5.74, 6) is -2.85. The van der Waals surface area contributed by atoms with Gasteiger partial charge in [-0.2, -0.15) is 13.2 Å². The molecule has 1 aromatic carbocycles. The van der Waals surface area contributed by atoms with E-state index in [1.165, 1.54) is 6.07 Å². The van der Waals surface area contributed by atoms with Crippen molar-refractivity contribution < 1.29 is 32.3 Å². The number of benzene rings is 2. The van der Waals surface area contributed by atoms with E-state index in [-0.39, 0.29) is 22.7 Å². The zero-order valence-corrected chi connectivity index (χ0v) is 16.5. The molecular weight excluding hydrogens is 443 g/mol. The van der Waals surface area contributed by atoms with Crippen LogP contribution in [0.4, 0.5) is 13.2 Å². The van der Waals surface area contributed by atoms with Crippen LogP contribution in [-0.4, -0.2) is 59.2 Å². The third kappa shape index (κ3) is 5.12. The van der Waals surface area contributed by atoms with Gasteiger partial charge in [0.1, 0.15) is 16.8 Å². The average molecular weight is 458 g/mol. The van der Waals surface area contributed by atoms with Crippen molar-refractivity contribution >= 4 is 34.6 Å². The second kappa shape index (κ2) is 8.90. The number of nitrogens with zero attached hydrogens (tertiary/aromatic N) is 2. The van der Waals surface area contributed by atoms with E-state index in [0.29, 0.717) is 48.0 Å². The second-order valence-electron chi connectivity index (χ2n) is 6.46. The summed E-state index contributed by atoms with van der Waals surface area (Å²) in [6.45, 7) is 2.54. The number of carbonyl (C=O) groups excluding carboxylic acids is 1. The first-order chi connectivity index (χ1) is 14.6. The van der Waals surface area contributed by atoms with Gasteiger partial charge in [0.05, 0.1) is 0 Å². The van der Waals surface area contributed by atoms with Gasteiger partial charge in [0, 0.05) is 31.2 Å². The molecule has 0 atom stereocenters. The first-order valence-electron chi connectivity index (χ1n) is 8.91. The zero-order chi connectivity index (χ0) is 22.8. The van der Waals surface area contributed by atoms with Gasteiger partial charge < -0.3 is 19.7 Å². The molecule has 0 aromatic heterocycles. The molecule has 164 valence electrons. The fourth-order valence-electron chi connectivity index (χ4n) is 2.88. The minimum Gasteiger partial charge on any atom is -0.475 e. The van der Waals surface area contributed by atoms with Gasteiger partial charge in [-0.25, -0.2) is 9.78 Å². The number of amides is 1. The van der Waals surface area contributed by atoms with Crippen LogP contribution in [0.3, 0.4) is 0 Å². The number of fused-ring (bicyclic) bond motifs is 2. The summed E-state index contributed by atoms with van der Waals surface area (Å²) in [5, 5.41) is 10.9. The SMILES string of the molecule is O=C(O)C(F)(F)F.O=C(c1c2oc3ccc(Cl)cc3nc-2ccc1=O)N1CCNCC1. The summed E-state index contributed by atoms with van der Waals surface area (Å²) in [5.41, 5.74) is 1.20. The highest BCUT2D eigenvalue weighted by Crippen LogP contribution is 2.28. The lowest BCUT2D eigenvalue weighted by atomic mass is 10.1. The average Bonchev–Trinajstić information content (AvgIpc) is 2.72. The van der Waals surface area contributed by atoms with Crippen molar-refractivity contribution in [3.8, 4) is 11.5 Å². The number of aliphatic carboxylic acids is 1. The molecule has 1 aromatic rings. The van der Waals surface area contributed by atoms with Crippen LogP contribution in [0.25, 0.3) is 22.6 Å². The van der Waals surface area contributed by atoms with Gasteiger partial charge in [-0.05, 0) is 30.3 Å². The van der Waals surface area contributed by atoms with Crippen LogP contribution >= 0.6 is 11.6 Å². The van der Waals surface area contributed by atoms with Crippen molar-refractivity contribution in [2.45, 2.75) is 6.18 Å². The lowest BCUT2D eigenvalue weighted by molar-refractivity contribution is -0.192. The number of hydrogen-bond donors (Lipinski definition) is 2. The molecule has 2 heterocycles. The van der Waals surface area contributed by atoms with Gasteiger partial charge in [-0.1, -0.05) is 11.6 Å². The smallest absolute Gasteiger partial charge is 0.475 e. The van der Waals surface area contributed by atoms with Crippen LogP contribution in [0.5, 0.6) is 0 Å². The van der Waals surface area contributed by atoms with E-state index in [1.807, 2.05) is 0 Å². The maximum absolute atomic E-state index is 12.8. The van der Waals surface area contributed by atoms with Crippen molar-refractivity contribution in [3.63, 3.8) is 0 Å². The van der Waals surface area contributed by atoms with Crippen molar-refractivity contribution in [1.29, 1.82) is 0 Å². The Morgan fingerprint density at radius 3 is 2.42 bits per heavy atom. The molecule has 3 aliphatic rings. The second-order valence-corrected chi connectivity index (χ2v) is 6.89. The van der Waals surface area contributed by atoms with Crippen LogP contribution in [0.15, 0.2) is 39.5 Å². The first kappa shape index (κ1) is 22.5. The van der Waals surface area contributed by atoms with Gasteiger partial charge in [-0.3, -0.25) is 9.59 Å². The predicted molar refractivity (Wildman–Crippen MR) is 104 cm³/mol. The van der Waals surface area contributed by atoms with Gasteiger partial charge in [0.15, 0.2) is 16.8 Å². The molecule has 12 heteroatoms. The standard InChI is InChI=1S/C17H14ClN3O3.C2HF3O2/c18-10-1-4-14-12(9-10)20-11-2-3-13(22)15(16(11)24-14)17(23)21-7-5-19-6-8-21;3-2(4,5)1(6)7/h1-4,9,19H,5-8H2;(H,6,7). The number of hydrogen-bond acceptors (Lipinski definition) is 6. The summed E-state index contributed by atoms with van der Waals surface area (Å²) in [4.78, 5) is 40.2. The largest absolute Gasteiger partial charge is 0.490 e. The monoisotopic (exact) mass is 457 g/mol. The summed E-state index contributed by atoms with van der Waals surface area (Å²) >= 11 is 5.98. The Kier molecular flexibility index (Phi) is 6.46. The van der Waals surface area contributed by atoms with Gasteiger partial charge in [-0.15, -0.1) is 0 Å². The molecule has 2 aliphatic heterocycles. The summed E-state index contributed by atoms with van der Waals surface area (Å²) in [6, 6.07) is 7.97. The molecule has 0 radical (unpaired) electrons. The molecule has 0 unspecified atom stereocenters. The van der Waals surface area contributed by atoms with Crippen molar-refractivity contribution in [2.24, 2.45) is 0 Å². The number of alkyl halides is 3. The molecule has 0 bridgehead atoms. The highest BCUT2D eigenvalue weighted by Gasteiger charge is 2.38. The van der Waals surface area contributed by atoms with Gasteiger partial charge >= 0.3 is 12.1 Å². The van der Waals surface area contributed by atoms with Gasteiger partial charge in [0.2, 0.25) is 0 Å². The summed E-state index contributed by atoms with van der Waals surface area (Å²) in [6.07, 6.45) is -5.08. The molecule has 31 heavy (non-hydrogen) atoms. The van der Waals surface area contributed by atoms with Crippen molar-refractivity contribution in [1.82, 2.24) is 15.2 Å². The van der Waals surface area contributed by atoms with E-state index in [1.54, 1.807) is 29.2 Å². The normalized spacial score (nSPS) is 14.3. The minimum atomic E-state index is -5.08. The fourth-order valence-corrected chi connectivity index (χ4v) is 3.04. The van der Waals surface area contributed by atoms with Crippen LogP contribution in [0, 0.1) is 0 Å². The molecule has 4 rings (SSSR count). The molecular formula is C19H15ClF3N3O5. The number of carboxylic acid groups (broad SMARTS) is 1. The quantitative estimate of drug-likeness (QED) is 0.540. The van der Waals surface area contributed by atoms with Crippen molar-refractivity contribution in [2.75, 3.05) is 26.2 Å². The van der Waals surface area contributed by atoms with E-state index in [9.17, 15) is 22.8 Å². The van der Waals surface area contributed by atoms with Crippen molar-refractivity contribution in [3.05, 3.63) is 51.1 Å². The van der Waals surface area contributed by atoms with E-state index < -0.39 is 12.1 Å². The topological polar surface area (TPSA) is 113 Å². The molecule has 1 fully saturated rings. The maximum atomic E-state index is 12.8. The first-order valence-corrected chi connectivity index (χ1v) is 9.29. The number of halogens is 4. The Bertz CT molecular complexity index is 1160. The number of piperazine rings is 1. The maximum Gasteiger partial charge on any atom is 0.490 e. The Balaban J connectivity index is 0.000000339. The zero-order valence-electron chi connectivity index (χ0n) is 15.7. The molecule has 1 saturated heterocycles. The Morgan fingerprint density at radius 1 is 1.16 bits per heavy atom. The van der Waals surface area contributed by atoms with Gasteiger partial charge in [0.25, 0.3) is 5.91 Å². The van der Waals surface area contributed by atoms with Crippen LogP contribution in [0.2, 0.25) is 5.02 Å². The minimum absolute atomic E-state index is 0.0405. The lowest BCUT2D eigenvalue weighted by Crippen LogP contribution is -2.47. The summed E-state index contributed by atoms with van der Waals surface area (Å²) in [7, 11) is 0. The van der Waals surface area contributed by atoms with E-state index in [0.717, 1.165) is 0 Å². The third-order valence-electron chi connectivity index (χ3n) is 4.33. The molecule has 1 aliphatic carbocycles. The van der Waals surface area contributed by atoms with E-state index >= 15 is 0 Å². The van der Waals surface area contributed by atoms with Crippen LogP contribution in [0.1, 0.15) is 10.4 Å².